The Kier molecular flexibility index (Phi) is 8.80. The lowest BCUT2D eigenvalue weighted by Gasteiger charge is -2.43. The molecule has 3 fully saturated rings. The molecular weight excluding hydrogens is 464 g/mol. The Bertz CT molecular complexity index is 775. The highest BCUT2D eigenvalue weighted by Gasteiger charge is 2.63. The number of hydrogen-bond acceptors (Lipinski definition) is 11. The van der Waals surface area contributed by atoms with Crippen LogP contribution in [0.5, 0.6) is 0 Å². The summed E-state index contributed by atoms with van der Waals surface area (Å²) in [5, 5.41) is 0. The van der Waals surface area contributed by atoms with E-state index >= 15 is 0 Å². The maximum Gasteiger partial charge on any atom is 0.305 e. The Balaban J connectivity index is 2.02. The number of fused-ring (bicyclic) bond motifs is 1. The Morgan fingerprint density at radius 3 is 1.86 bits per heavy atom. The van der Waals surface area contributed by atoms with E-state index in [-0.39, 0.29) is 6.61 Å². The van der Waals surface area contributed by atoms with Crippen molar-refractivity contribution < 1.29 is 52.3 Å². The van der Waals surface area contributed by atoms with Gasteiger partial charge in [0.2, 0.25) is 6.29 Å². The third kappa shape index (κ3) is 5.80. The monoisotopic (exact) mass is 502 g/mol. The molecule has 3 rings (SSSR count). The summed E-state index contributed by atoms with van der Waals surface area (Å²) in [6, 6.07) is 0. The lowest BCUT2D eigenvalue weighted by Crippen LogP contribution is -2.63. The molecule has 0 aliphatic carbocycles. The minimum atomic E-state index is -1.31. The highest BCUT2D eigenvalue weighted by Crippen LogP contribution is 2.45. The van der Waals surface area contributed by atoms with Crippen LogP contribution in [-0.4, -0.2) is 79.0 Å². The number of esters is 3. The highest BCUT2D eigenvalue weighted by atomic mass is 16.8. The summed E-state index contributed by atoms with van der Waals surface area (Å²) in [5.74, 6) is -3.57. The Morgan fingerprint density at radius 2 is 1.37 bits per heavy atom. The number of carbonyl (C=O) groups excluding carboxylic acids is 3. The van der Waals surface area contributed by atoms with E-state index in [0.29, 0.717) is 25.7 Å². The van der Waals surface area contributed by atoms with Gasteiger partial charge in [0.15, 0.2) is 23.8 Å². The van der Waals surface area contributed by atoms with E-state index < -0.39 is 72.4 Å². The third-order valence-corrected chi connectivity index (χ3v) is 6.84. The molecule has 11 heteroatoms. The van der Waals surface area contributed by atoms with Gasteiger partial charge in [0.25, 0.3) is 0 Å². The molecule has 0 radical (unpaired) electrons. The first-order valence-electron chi connectivity index (χ1n) is 12.4. The second-order valence-corrected chi connectivity index (χ2v) is 9.09. The Hall–Kier alpha value is -1.79. The van der Waals surface area contributed by atoms with Gasteiger partial charge in [0.05, 0.1) is 6.61 Å². The van der Waals surface area contributed by atoms with Gasteiger partial charge >= 0.3 is 17.9 Å². The lowest BCUT2D eigenvalue weighted by molar-refractivity contribution is -0.295. The molecule has 11 nitrogen and oxygen atoms in total. The van der Waals surface area contributed by atoms with E-state index in [1.54, 1.807) is 0 Å². The molecule has 0 bridgehead atoms. The molecule has 0 aromatic carbocycles. The van der Waals surface area contributed by atoms with Crippen molar-refractivity contribution in [3.63, 3.8) is 0 Å². The predicted molar refractivity (Wildman–Crippen MR) is 119 cm³/mol. The summed E-state index contributed by atoms with van der Waals surface area (Å²) in [6.45, 7) is 11.6. The van der Waals surface area contributed by atoms with Gasteiger partial charge in [-0.05, 0) is 25.7 Å². The minimum absolute atomic E-state index is 0.163. The van der Waals surface area contributed by atoms with Crippen molar-refractivity contribution in [3.05, 3.63) is 0 Å². The van der Waals surface area contributed by atoms with Crippen LogP contribution in [0.4, 0.5) is 0 Å². The number of ether oxygens (including phenoxy) is 8. The molecule has 3 aliphatic rings. The molecule has 0 N–H and O–H groups in total. The van der Waals surface area contributed by atoms with Crippen LogP contribution in [0.1, 0.15) is 74.1 Å². The number of rotatable bonds is 9. The number of hydrogen-bond donors (Lipinski definition) is 0. The number of carbonyl (C=O) groups is 3. The zero-order valence-electron chi connectivity index (χ0n) is 21.6. The first-order valence-corrected chi connectivity index (χ1v) is 12.4. The topological polar surface area (TPSA) is 125 Å². The minimum Gasteiger partial charge on any atom is -0.457 e. The first kappa shape index (κ1) is 27.8. The van der Waals surface area contributed by atoms with E-state index in [0.717, 1.165) is 0 Å². The summed E-state index contributed by atoms with van der Waals surface area (Å²) in [4.78, 5) is 36.0. The fourth-order valence-corrected chi connectivity index (χ4v) is 4.96. The normalized spacial score (nSPS) is 34.0. The quantitative estimate of drug-likeness (QED) is 0.341. The second-order valence-electron chi connectivity index (χ2n) is 9.09. The lowest BCUT2D eigenvalue weighted by atomic mass is 9.92. The van der Waals surface area contributed by atoms with Crippen molar-refractivity contribution in [1.29, 1.82) is 0 Å². The molecule has 7 atom stereocenters. The van der Waals surface area contributed by atoms with Gasteiger partial charge in [0, 0.05) is 20.8 Å². The van der Waals surface area contributed by atoms with Crippen molar-refractivity contribution in [2.45, 2.75) is 129 Å². The third-order valence-electron chi connectivity index (χ3n) is 6.84. The zero-order valence-corrected chi connectivity index (χ0v) is 21.6. The van der Waals surface area contributed by atoms with Gasteiger partial charge in [-0.25, -0.2) is 0 Å². The average Bonchev–Trinajstić information content (AvgIpc) is 3.41. The van der Waals surface area contributed by atoms with E-state index in [2.05, 4.69) is 0 Å². The molecular formula is C24H38O11. The molecule has 0 saturated carbocycles. The molecule has 3 heterocycles. The SMILES string of the molecule is CCC1(CC)O[C@H]2[C@@H](O1)[C@@H](OC(C)=O)[C@H](OC(C)=O)O[C@H]2[C@H](OC(C)=O)[C@H]1COC(CC)(CC)O1. The van der Waals surface area contributed by atoms with Crippen LogP contribution in [-0.2, 0) is 52.3 Å². The van der Waals surface area contributed by atoms with Crippen LogP contribution in [0, 0.1) is 0 Å². The predicted octanol–water partition coefficient (Wildman–Crippen LogP) is 2.37. The molecule has 3 aliphatic heterocycles. The molecule has 35 heavy (non-hydrogen) atoms. The maximum absolute atomic E-state index is 12.2. The Labute approximate surface area is 206 Å². The van der Waals surface area contributed by atoms with Crippen LogP contribution in [0.15, 0.2) is 0 Å². The maximum atomic E-state index is 12.2. The van der Waals surface area contributed by atoms with Crippen molar-refractivity contribution >= 4 is 17.9 Å². The molecule has 3 saturated heterocycles. The van der Waals surface area contributed by atoms with Gasteiger partial charge in [-0.1, -0.05) is 27.7 Å². The van der Waals surface area contributed by atoms with Gasteiger partial charge in [-0.15, -0.1) is 0 Å². The molecule has 0 amide bonds. The van der Waals surface area contributed by atoms with Crippen LogP contribution in [0.2, 0.25) is 0 Å². The standard InChI is InChI=1S/C24H38O11/c1-8-23(9-2)28-12-16(33-23)17(29-13(5)25)18-19-20(35-24(10-3,11-4)34-19)21(30-14(6)26)22(32-18)31-15(7)27/h16-22H,8-12H2,1-7H3/t16-,17-,18+,19-,20-,21-,22-/m1/s1. The van der Waals surface area contributed by atoms with Gasteiger partial charge in [-0.3, -0.25) is 14.4 Å². The fraction of sp³-hybridized carbons (Fsp3) is 0.875. The van der Waals surface area contributed by atoms with Crippen LogP contribution in [0.25, 0.3) is 0 Å². The van der Waals surface area contributed by atoms with Gasteiger partial charge < -0.3 is 37.9 Å². The summed E-state index contributed by atoms with van der Waals surface area (Å²) in [7, 11) is 0. The van der Waals surface area contributed by atoms with E-state index in [1.807, 2.05) is 27.7 Å². The highest BCUT2D eigenvalue weighted by molar-refractivity contribution is 5.67. The summed E-state index contributed by atoms with van der Waals surface area (Å²) >= 11 is 0. The average molecular weight is 503 g/mol. The van der Waals surface area contributed by atoms with E-state index in [4.69, 9.17) is 37.9 Å². The fourth-order valence-electron chi connectivity index (χ4n) is 4.96. The smallest absolute Gasteiger partial charge is 0.305 e. The summed E-state index contributed by atoms with van der Waals surface area (Å²) < 4.78 is 47.7. The summed E-state index contributed by atoms with van der Waals surface area (Å²) in [6.07, 6.45) is -4.43. The Morgan fingerprint density at radius 1 is 0.800 bits per heavy atom. The van der Waals surface area contributed by atoms with Gasteiger partial charge in [0.1, 0.15) is 24.4 Å². The van der Waals surface area contributed by atoms with Crippen molar-refractivity contribution in [3.8, 4) is 0 Å². The van der Waals surface area contributed by atoms with E-state index in [9.17, 15) is 14.4 Å². The summed E-state index contributed by atoms with van der Waals surface area (Å²) in [5.41, 5.74) is 0. The van der Waals surface area contributed by atoms with Crippen LogP contribution >= 0.6 is 0 Å². The molecule has 200 valence electrons. The van der Waals surface area contributed by atoms with Crippen LogP contribution < -0.4 is 0 Å². The zero-order chi connectivity index (χ0) is 26.0. The molecule has 0 aromatic heterocycles. The molecule has 0 spiro atoms. The van der Waals surface area contributed by atoms with Crippen molar-refractivity contribution in [2.24, 2.45) is 0 Å². The van der Waals surface area contributed by atoms with Gasteiger partial charge in [-0.2, -0.15) is 0 Å². The van der Waals surface area contributed by atoms with Crippen molar-refractivity contribution in [1.82, 2.24) is 0 Å². The molecule has 0 unspecified atom stereocenters. The van der Waals surface area contributed by atoms with E-state index in [1.165, 1.54) is 20.8 Å². The second kappa shape index (κ2) is 11.1. The first-order chi connectivity index (χ1) is 16.5. The van der Waals surface area contributed by atoms with Crippen molar-refractivity contribution in [2.75, 3.05) is 6.61 Å². The van der Waals surface area contributed by atoms with Crippen LogP contribution in [0.3, 0.4) is 0 Å². The molecule has 0 aromatic rings. The largest absolute Gasteiger partial charge is 0.457 e.